The molecule has 0 radical (unpaired) electrons. The molecule has 0 saturated carbocycles. The first-order chi connectivity index (χ1) is 13.8. The fourth-order valence-electron chi connectivity index (χ4n) is 2.80. The fourth-order valence-corrected chi connectivity index (χ4v) is 2.80. The van der Waals surface area contributed by atoms with Crippen LogP contribution in [-0.4, -0.2) is 62.8 Å². The first-order valence-corrected chi connectivity index (χ1v) is 9.07. The summed E-state index contributed by atoms with van der Waals surface area (Å²) in [4.78, 5) is 27.9. The number of hydrogen-bond donors (Lipinski definition) is 2. The van der Waals surface area contributed by atoms with Crippen LogP contribution in [0.3, 0.4) is 0 Å². The van der Waals surface area contributed by atoms with Crippen molar-refractivity contribution in [3.05, 3.63) is 42.5 Å². The van der Waals surface area contributed by atoms with E-state index in [0.717, 1.165) is 19.5 Å². The number of ether oxygens (including phenoxy) is 1. The number of aromatic nitrogens is 6. The number of morpholine rings is 1. The summed E-state index contributed by atoms with van der Waals surface area (Å²) >= 11 is 0. The van der Waals surface area contributed by atoms with Gasteiger partial charge in [0.05, 0.1) is 18.8 Å². The van der Waals surface area contributed by atoms with Crippen LogP contribution in [0.1, 0.15) is 5.56 Å². The second-order valence-electron chi connectivity index (χ2n) is 6.24. The van der Waals surface area contributed by atoms with Crippen molar-refractivity contribution in [1.82, 2.24) is 29.9 Å². The van der Waals surface area contributed by atoms with E-state index >= 15 is 0 Å². The van der Waals surface area contributed by atoms with E-state index in [-0.39, 0.29) is 5.95 Å². The standard InChI is InChI=1S/C18H21N9O/c19-16-22-11-14(12-23-16)15-24-17(21-6-3-13-1-4-20-5-2-13)26-18(25-15)27-7-9-28-10-8-27/h1-2,4-5,11-12H,3,6-10H2,(H2,19,22,23)(H,21,24,25,26). The number of nitrogens with zero attached hydrogens (tertiary/aromatic N) is 7. The third-order valence-corrected chi connectivity index (χ3v) is 4.29. The minimum atomic E-state index is 0.210. The van der Waals surface area contributed by atoms with Gasteiger partial charge < -0.3 is 20.7 Å². The van der Waals surface area contributed by atoms with Gasteiger partial charge in [0.2, 0.25) is 17.8 Å². The molecule has 1 saturated heterocycles. The highest BCUT2D eigenvalue weighted by Crippen LogP contribution is 2.19. The molecule has 0 spiro atoms. The minimum Gasteiger partial charge on any atom is -0.378 e. The van der Waals surface area contributed by atoms with Crippen molar-refractivity contribution in [2.24, 2.45) is 0 Å². The Kier molecular flexibility index (Phi) is 5.48. The predicted molar refractivity (Wildman–Crippen MR) is 105 cm³/mol. The van der Waals surface area contributed by atoms with Crippen LogP contribution >= 0.6 is 0 Å². The molecular weight excluding hydrogens is 358 g/mol. The molecule has 0 atom stereocenters. The lowest BCUT2D eigenvalue weighted by molar-refractivity contribution is 0.122. The molecule has 3 aromatic rings. The van der Waals surface area contributed by atoms with Gasteiger partial charge in [-0.25, -0.2) is 9.97 Å². The van der Waals surface area contributed by atoms with Crippen molar-refractivity contribution in [2.45, 2.75) is 6.42 Å². The molecule has 3 N–H and O–H groups in total. The van der Waals surface area contributed by atoms with E-state index < -0.39 is 0 Å². The average Bonchev–Trinajstić information content (AvgIpc) is 2.75. The first-order valence-electron chi connectivity index (χ1n) is 9.07. The maximum Gasteiger partial charge on any atom is 0.230 e. The summed E-state index contributed by atoms with van der Waals surface area (Å²) in [7, 11) is 0. The Balaban J connectivity index is 1.56. The van der Waals surface area contributed by atoms with E-state index in [2.05, 4.69) is 40.1 Å². The molecule has 0 unspecified atom stereocenters. The van der Waals surface area contributed by atoms with Crippen molar-refractivity contribution in [3.63, 3.8) is 0 Å². The highest BCUT2D eigenvalue weighted by atomic mass is 16.5. The zero-order valence-corrected chi connectivity index (χ0v) is 15.3. The fraction of sp³-hybridized carbons (Fsp3) is 0.333. The van der Waals surface area contributed by atoms with Gasteiger partial charge in [0.1, 0.15) is 0 Å². The first kappa shape index (κ1) is 18.0. The molecule has 0 aromatic carbocycles. The zero-order valence-electron chi connectivity index (χ0n) is 15.3. The van der Waals surface area contributed by atoms with E-state index in [1.807, 2.05) is 12.1 Å². The Bertz CT molecular complexity index is 899. The third-order valence-electron chi connectivity index (χ3n) is 4.29. The Hall–Kier alpha value is -3.40. The Morgan fingerprint density at radius 1 is 1.04 bits per heavy atom. The molecule has 1 aliphatic rings. The van der Waals surface area contributed by atoms with Crippen LogP contribution in [0.5, 0.6) is 0 Å². The molecule has 3 aromatic heterocycles. The third kappa shape index (κ3) is 4.46. The predicted octanol–water partition coefficient (Wildman–Crippen LogP) is 0.797. The van der Waals surface area contributed by atoms with Gasteiger partial charge in [-0.1, -0.05) is 0 Å². The van der Waals surface area contributed by atoms with Crippen LogP contribution in [0.2, 0.25) is 0 Å². The van der Waals surface area contributed by atoms with Gasteiger partial charge in [0, 0.05) is 44.4 Å². The molecule has 1 fully saturated rings. The highest BCUT2D eigenvalue weighted by molar-refractivity contribution is 5.57. The van der Waals surface area contributed by atoms with Gasteiger partial charge in [-0.05, 0) is 24.1 Å². The molecule has 0 amide bonds. The average molecular weight is 379 g/mol. The lowest BCUT2D eigenvalue weighted by Gasteiger charge is -2.27. The van der Waals surface area contributed by atoms with Crippen molar-refractivity contribution >= 4 is 17.8 Å². The summed E-state index contributed by atoms with van der Waals surface area (Å²) < 4.78 is 5.43. The smallest absolute Gasteiger partial charge is 0.230 e. The monoisotopic (exact) mass is 379 g/mol. The number of anilines is 3. The number of nitrogens with one attached hydrogen (secondary N) is 1. The van der Waals surface area contributed by atoms with E-state index in [4.69, 9.17) is 10.5 Å². The summed E-state index contributed by atoms with van der Waals surface area (Å²) in [6.45, 7) is 3.46. The van der Waals surface area contributed by atoms with Crippen LogP contribution < -0.4 is 16.0 Å². The molecule has 28 heavy (non-hydrogen) atoms. The second kappa shape index (κ2) is 8.53. The van der Waals surface area contributed by atoms with Crippen molar-refractivity contribution in [2.75, 3.05) is 48.8 Å². The molecule has 1 aliphatic heterocycles. The van der Waals surface area contributed by atoms with Gasteiger partial charge in [-0.15, -0.1) is 0 Å². The second-order valence-corrected chi connectivity index (χ2v) is 6.24. The van der Waals surface area contributed by atoms with E-state index in [1.165, 1.54) is 5.56 Å². The van der Waals surface area contributed by atoms with Crippen LogP contribution in [0.15, 0.2) is 36.9 Å². The quantitative estimate of drug-likeness (QED) is 0.634. The number of pyridine rings is 1. The summed E-state index contributed by atoms with van der Waals surface area (Å²) in [5, 5.41) is 3.29. The van der Waals surface area contributed by atoms with E-state index in [1.54, 1.807) is 24.8 Å². The largest absolute Gasteiger partial charge is 0.378 e. The number of hydrogen-bond acceptors (Lipinski definition) is 10. The lowest BCUT2D eigenvalue weighted by Crippen LogP contribution is -2.37. The van der Waals surface area contributed by atoms with Gasteiger partial charge in [0.15, 0.2) is 5.82 Å². The number of nitrogens with two attached hydrogens (primary N) is 1. The molecule has 4 heterocycles. The maximum absolute atomic E-state index is 5.59. The van der Waals surface area contributed by atoms with Crippen LogP contribution in [0.25, 0.3) is 11.4 Å². The Morgan fingerprint density at radius 2 is 1.79 bits per heavy atom. The van der Waals surface area contributed by atoms with Gasteiger partial charge in [-0.2, -0.15) is 15.0 Å². The molecule has 10 nitrogen and oxygen atoms in total. The summed E-state index contributed by atoms with van der Waals surface area (Å²) in [6.07, 6.45) is 7.63. The normalized spacial score (nSPS) is 14.1. The molecule has 144 valence electrons. The van der Waals surface area contributed by atoms with Crippen molar-refractivity contribution in [1.29, 1.82) is 0 Å². The lowest BCUT2D eigenvalue weighted by atomic mass is 10.2. The summed E-state index contributed by atoms with van der Waals surface area (Å²) in [6, 6.07) is 3.98. The Morgan fingerprint density at radius 3 is 2.54 bits per heavy atom. The van der Waals surface area contributed by atoms with Crippen molar-refractivity contribution in [3.8, 4) is 11.4 Å². The van der Waals surface area contributed by atoms with E-state index in [9.17, 15) is 0 Å². The van der Waals surface area contributed by atoms with Crippen LogP contribution in [-0.2, 0) is 11.2 Å². The van der Waals surface area contributed by atoms with Crippen LogP contribution in [0, 0.1) is 0 Å². The zero-order chi connectivity index (χ0) is 19.2. The topological polar surface area (TPSA) is 128 Å². The number of rotatable bonds is 6. The van der Waals surface area contributed by atoms with Crippen molar-refractivity contribution < 1.29 is 4.74 Å². The van der Waals surface area contributed by atoms with Crippen LogP contribution in [0.4, 0.5) is 17.8 Å². The molecular formula is C18H21N9O. The SMILES string of the molecule is Nc1ncc(-c2nc(NCCc3ccncc3)nc(N3CCOCC3)n2)cn1. The summed E-state index contributed by atoms with van der Waals surface area (Å²) in [5.74, 6) is 1.83. The molecule has 4 rings (SSSR count). The maximum atomic E-state index is 5.59. The van der Waals surface area contributed by atoms with Gasteiger partial charge in [0.25, 0.3) is 0 Å². The highest BCUT2D eigenvalue weighted by Gasteiger charge is 2.17. The van der Waals surface area contributed by atoms with Gasteiger partial charge in [-0.3, -0.25) is 4.98 Å². The number of nitrogen functional groups attached to an aromatic ring is 1. The molecule has 0 bridgehead atoms. The summed E-state index contributed by atoms with van der Waals surface area (Å²) in [5.41, 5.74) is 7.46. The molecule has 10 heteroatoms. The molecule has 0 aliphatic carbocycles. The Labute approximate surface area is 162 Å². The minimum absolute atomic E-state index is 0.210. The van der Waals surface area contributed by atoms with Gasteiger partial charge >= 0.3 is 0 Å². The van der Waals surface area contributed by atoms with E-state index in [0.29, 0.717) is 43.0 Å².